The van der Waals surface area contributed by atoms with Crippen molar-refractivity contribution in [3.8, 4) is 0 Å². The van der Waals surface area contributed by atoms with Crippen LogP contribution in [0.3, 0.4) is 0 Å². The van der Waals surface area contributed by atoms with Crippen molar-refractivity contribution in [1.29, 1.82) is 0 Å². The number of rotatable bonds is 8. The van der Waals surface area contributed by atoms with Crippen molar-refractivity contribution in [2.75, 3.05) is 19.9 Å². The van der Waals surface area contributed by atoms with Gasteiger partial charge in [0.05, 0.1) is 35.8 Å². The van der Waals surface area contributed by atoms with Gasteiger partial charge in [0.2, 0.25) is 17.7 Å². The van der Waals surface area contributed by atoms with Gasteiger partial charge >= 0.3 is 5.97 Å². The third kappa shape index (κ3) is 4.69. The van der Waals surface area contributed by atoms with Gasteiger partial charge in [0.15, 0.2) is 5.60 Å². The molecule has 1 aromatic heterocycles. The first kappa shape index (κ1) is 30.0. The summed E-state index contributed by atoms with van der Waals surface area (Å²) in [5.41, 5.74) is 7.64. The van der Waals surface area contributed by atoms with Gasteiger partial charge in [-0.05, 0) is 68.1 Å². The number of piperidine rings is 1. The Kier molecular flexibility index (Phi) is 7.33. The second kappa shape index (κ2) is 11.0. The lowest BCUT2D eigenvalue weighted by atomic mass is 9.69. The van der Waals surface area contributed by atoms with Gasteiger partial charge in [-0.1, -0.05) is 6.92 Å². The number of carbonyl (C=O) groups excluding carboxylic acids is 4. The number of cyclic esters (lactones) is 1. The average molecular weight is 624 g/mol. The van der Waals surface area contributed by atoms with Crippen LogP contribution < -0.4 is 16.4 Å². The molecule has 1 aromatic carbocycles. The lowest BCUT2D eigenvalue weighted by Crippen LogP contribution is -2.61. The molecule has 6 atom stereocenters. The Balaban J connectivity index is 1.27. The SMILES string of the molecule is CC[C@@]1(O)C(=O)OCC2C(=O)N3Cc4c(nc5cc(F)c(C)c6c5c4[C@@H](NC(=O)C(OCNC(=O)CN)C4CC4)CC6)C3CC21. The number of fused-ring (bicyclic) bond motifs is 5. The quantitative estimate of drug-likeness (QED) is 0.250. The molecule has 3 amide bonds. The Labute approximate surface area is 259 Å². The topological polar surface area (TPSA) is 173 Å². The summed E-state index contributed by atoms with van der Waals surface area (Å²) in [6.07, 6.45) is 2.37. The van der Waals surface area contributed by atoms with Crippen molar-refractivity contribution < 1.29 is 38.1 Å². The van der Waals surface area contributed by atoms with Crippen LogP contribution in [0.2, 0.25) is 0 Å². The van der Waals surface area contributed by atoms with Crippen molar-refractivity contribution in [1.82, 2.24) is 20.5 Å². The van der Waals surface area contributed by atoms with E-state index in [1.165, 1.54) is 6.07 Å². The molecule has 0 radical (unpaired) electrons. The minimum atomic E-state index is -1.78. The largest absolute Gasteiger partial charge is 0.463 e. The van der Waals surface area contributed by atoms with Crippen LogP contribution in [0, 0.1) is 30.5 Å². The number of hydrogen-bond donors (Lipinski definition) is 4. The van der Waals surface area contributed by atoms with E-state index in [0.29, 0.717) is 36.0 Å². The summed E-state index contributed by atoms with van der Waals surface area (Å²) in [7, 11) is 0. The fourth-order valence-electron chi connectivity index (χ4n) is 7.99. The van der Waals surface area contributed by atoms with Crippen molar-refractivity contribution in [2.24, 2.45) is 23.5 Å². The van der Waals surface area contributed by atoms with E-state index in [1.54, 1.807) is 18.7 Å². The number of nitrogens with two attached hydrogens (primary N) is 1. The molecule has 2 saturated heterocycles. The van der Waals surface area contributed by atoms with E-state index in [-0.39, 0.29) is 62.3 Å². The molecule has 240 valence electrons. The minimum Gasteiger partial charge on any atom is -0.463 e. The third-order valence-corrected chi connectivity index (χ3v) is 10.6. The van der Waals surface area contributed by atoms with Gasteiger partial charge < -0.3 is 35.8 Å². The number of nitrogens with one attached hydrogen (secondary N) is 2. The van der Waals surface area contributed by atoms with Gasteiger partial charge in [-0.3, -0.25) is 19.4 Å². The first-order valence-electron chi connectivity index (χ1n) is 15.8. The lowest BCUT2D eigenvalue weighted by molar-refractivity contribution is -0.202. The number of aromatic nitrogens is 1. The van der Waals surface area contributed by atoms with E-state index < -0.39 is 41.6 Å². The summed E-state index contributed by atoms with van der Waals surface area (Å²) >= 11 is 0. The van der Waals surface area contributed by atoms with Crippen LogP contribution in [-0.2, 0) is 41.6 Å². The fourth-order valence-corrected chi connectivity index (χ4v) is 7.99. The molecule has 4 heterocycles. The van der Waals surface area contributed by atoms with E-state index >= 15 is 4.39 Å². The van der Waals surface area contributed by atoms with Gasteiger partial charge in [-0.15, -0.1) is 0 Å². The molecule has 5 aliphatic rings. The highest BCUT2D eigenvalue weighted by molar-refractivity contribution is 5.93. The maximum absolute atomic E-state index is 15.2. The zero-order chi connectivity index (χ0) is 31.8. The Morgan fingerprint density at radius 1 is 1.29 bits per heavy atom. The highest BCUT2D eigenvalue weighted by atomic mass is 19.1. The number of pyridine rings is 1. The van der Waals surface area contributed by atoms with Crippen LogP contribution in [0.15, 0.2) is 6.07 Å². The molecule has 3 aliphatic heterocycles. The number of carbonyl (C=O) groups is 4. The van der Waals surface area contributed by atoms with E-state index in [4.69, 9.17) is 20.2 Å². The summed E-state index contributed by atoms with van der Waals surface area (Å²) in [5.74, 6) is -3.27. The molecule has 0 spiro atoms. The minimum absolute atomic E-state index is 0.0346. The highest BCUT2D eigenvalue weighted by Gasteiger charge is 2.59. The van der Waals surface area contributed by atoms with Gasteiger partial charge in [-0.25, -0.2) is 9.18 Å². The molecule has 7 rings (SSSR count). The predicted molar refractivity (Wildman–Crippen MR) is 156 cm³/mol. The van der Waals surface area contributed by atoms with Gasteiger partial charge in [-0.2, -0.15) is 0 Å². The van der Waals surface area contributed by atoms with Crippen molar-refractivity contribution in [3.63, 3.8) is 0 Å². The molecule has 2 aliphatic carbocycles. The molecule has 5 N–H and O–H groups in total. The molecule has 4 unspecified atom stereocenters. The van der Waals surface area contributed by atoms with Crippen molar-refractivity contribution in [3.05, 3.63) is 39.8 Å². The van der Waals surface area contributed by atoms with Crippen LogP contribution in [0.5, 0.6) is 0 Å². The molecule has 1 saturated carbocycles. The number of ether oxygens (including phenoxy) is 2. The Morgan fingerprint density at radius 3 is 2.78 bits per heavy atom. The van der Waals surface area contributed by atoms with Gasteiger partial charge in [0, 0.05) is 29.5 Å². The number of hydrogen-bond acceptors (Lipinski definition) is 9. The average Bonchev–Trinajstić information content (AvgIpc) is 3.80. The smallest absolute Gasteiger partial charge is 0.338 e. The lowest BCUT2D eigenvalue weighted by Gasteiger charge is -2.48. The summed E-state index contributed by atoms with van der Waals surface area (Å²) in [6.45, 7) is 3.28. The third-order valence-electron chi connectivity index (χ3n) is 10.6. The maximum atomic E-state index is 15.2. The summed E-state index contributed by atoms with van der Waals surface area (Å²) in [4.78, 5) is 58.6. The summed E-state index contributed by atoms with van der Waals surface area (Å²) < 4.78 is 26.3. The Bertz CT molecular complexity index is 1630. The highest BCUT2D eigenvalue weighted by Crippen LogP contribution is 2.53. The second-order valence-electron chi connectivity index (χ2n) is 13.0. The number of aryl methyl sites for hydroxylation is 1. The first-order valence-corrected chi connectivity index (χ1v) is 15.8. The first-order chi connectivity index (χ1) is 21.6. The number of aliphatic hydroxyl groups is 1. The van der Waals surface area contributed by atoms with Crippen molar-refractivity contribution >= 4 is 34.6 Å². The van der Waals surface area contributed by atoms with E-state index in [2.05, 4.69) is 10.6 Å². The number of amides is 3. The van der Waals surface area contributed by atoms with Gasteiger partial charge in [0.25, 0.3) is 0 Å². The molecule has 2 aromatic rings. The molecule has 12 nitrogen and oxygen atoms in total. The molecule has 3 fully saturated rings. The normalized spacial score (nSPS) is 29.0. The van der Waals surface area contributed by atoms with Crippen LogP contribution in [-0.4, -0.2) is 70.3 Å². The van der Waals surface area contributed by atoms with E-state index in [9.17, 15) is 24.3 Å². The van der Waals surface area contributed by atoms with Crippen LogP contribution in [0.25, 0.3) is 10.9 Å². The molecule has 13 heteroatoms. The predicted octanol–water partition coefficient (Wildman–Crippen LogP) is 1.33. The standard InChI is InChI=1S/C32H38FN5O7/c1-3-32(43)19-8-23-27-17(11-38(23)30(41)18(19)12-44-31(32)42)26-21(7-6-16-14(2)20(33)9-22(36-27)25(16)26)37-29(40)28(15-4-5-15)45-13-35-24(39)10-34/h9,15,18-19,21,23,28,43H,3-8,10-13,34H2,1-2H3,(H,35,39)(H,37,40)/t18?,19?,21-,23?,28?,32-/m0/s1. The monoisotopic (exact) mass is 623 g/mol. The van der Waals surface area contributed by atoms with E-state index in [0.717, 1.165) is 34.9 Å². The number of nitrogens with zero attached hydrogens (tertiary/aromatic N) is 2. The summed E-state index contributed by atoms with van der Waals surface area (Å²) in [6, 6.07) is 0.446. The number of benzene rings is 1. The maximum Gasteiger partial charge on any atom is 0.338 e. The Hall–Kier alpha value is -3.68. The summed E-state index contributed by atoms with van der Waals surface area (Å²) in [5, 5.41) is 17.9. The number of halogens is 1. The second-order valence-corrected chi connectivity index (χ2v) is 13.0. The van der Waals surface area contributed by atoms with Gasteiger partial charge in [0.1, 0.15) is 25.3 Å². The number of esters is 1. The zero-order valence-electron chi connectivity index (χ0n) is 25.4. The fraction of sp³-hybridized carbons (Fsp3) is 0.594. The van der Waals surface area contributed by atoms with Crippen LogP contribution >= 0.6 is 0 Å². The zero-order valence-corrected chi connectivity index (χ0v) is 25.4. The Morgan fingerprint density at radius 2 is 2.07 bits per heavy atom. The van der Waals surface area contributed by atoms with Crippen LogP contribution in [0.1, 0.15) is 79.1 Å². The van der Waals surface area contributed by atoms with E-state index in [1.807, 2.05) is 0 Å². The van der Waals surface area contributed by atoms with Crippen LogP contribution in [0.4, 0.5) is 4.39 Å². The molecule has 0 bridgehead atoms. The molecule has 45 heavy (non-hydrogen) atoms. The molecular formula is C32H38FN5O7. The molecular weight excluding hydrogens is 585 g/mol. The van der Waals surface area contributed by atoms with Crippen molar-refractivity contribution in [2.45, 2.75) is 82.7 Å².